The summed E-state index contributed by atoms with van der Waals surface area (Å²) in [6, 6.07) is 5.87. The van der Waals surface area contributed by atoms with Crippen molar-refractivity contribution in [2.45, 2.75) is 42.8 Å². The van der Waals surface area contributed by atoms with E-state index in [2.05, 4.69) is 0 Å². The molecule has 1 fully saturated rings. The topological polar surface area (TPSA) is 71.5 Å². The predicted octanol–water partition coefficient (Wildman–Crippen LogP) is 2.72. The van der Waals surface area contributed by atoms with E-state index in [1.54, 1.807) is 32.9 Å². The molecule has 1 heterocycles. The molecule has 1 saturated heterocycles. The molecule has 1 unspecified atom stereocenters. The zero-order valence-corrected chi connectivity index (χ0v) is 15.7. The molecule has 0 N–H and O–H groups in total. The van der Waals surface area contributed by atoms with Crippen LogP contribution in [0.4, 0.5) is 13.2 Å². The molecule has 0 saturated carbocycles. The molecule has 1 aliphatic rings. The number of rotatable bonds is 3. The van der Waals surface area contributed by atoms with Crippen molar-refractivity contribution in [3.05, 3.63) is 29.8 Å². The predicted molar refractivity (Wildman–Crippen MR) is 87.1 cm³/mol. The Hall–Kier alpha value is -1.13. The lowest BCUT2D eigenvalue weighted by Gasteiger charge is -2.41. The van der Waals surface area contributed by atoms with E-state index in [-0.39, 0.29) is 17.9 Å². The van der Waals surface area contributed by atoms with E-state index in [9.17, 15) is 30.0 Å². The average Bonchev–Trinajstić information content (AvgIpc) is 2.44. The van der Waals surface area contributed by atoms with Crippen LogP contribution in [0.2, 0.25) is 0 Å². The summed E-state index contributed by atoms with van der Waals surface area (Å²) < 4.78 is 88.7. The second-order valence-electron chi connectivity index (χ2n) is 7.09. The van der Waals surface area contributed by atoms with Crippen LogP contribution in [0.5, 0.6) is 0 Å². The number of hydrogen-bond donors (Lipinski definition) is 0. The highest BCUT2D eigenvalue weighted by Gasteiger charge is 2.54. The fourth-order valence-electron chi connectivity index (χ4n) is 2.95. The summed E-state index contributed by atoms with van der Waals surface area (Å²) in [6.45, 7) is 4.13. The van der Waals surface area contributed by atoms with Gasteiger partial charge in [-0.25, -0.2) is 16.8 Å². The monoisotopic (exact) mass is 399 g/mol. The van der Waals surface area contributed by atoms with Gasteiger partial charge >= 0.3 is 5.51 Å². The number of halogens is 3. The smallest absolute Gasteiger partial charge is 0.219 e. The first kappa shape index (κ1) is 20.2. The van der Waals surface area contributed by atoms with Crippen molar-refractivity contribution in [3.8, 4) is 0 Å². The zero-order chi connectivity index (χ0) is 19.3. The number of hydrogen-bond acceptors (Lipinski definition) is 4. The number of piperidine rings is 1. The molecule has 0 radical (unpaired) electrons. The van der Waals surface area contributed by atoms with Gasteiger partial charge in [0.1, 0.15) is 0 Å². The van der Waals surface area contributed by atoms with Gasteiger partial charge in [0.2, 0.25) is 10.0 Å². The maximum absolute atomic E-state index is 12.9. The second kappa shape index (κ2) is 6.24. The molecule has 2 rings (SSSR count). The number of sulfone groups is 1. The van der Waals surface area contributed by atoms with Gasteiger partial charge in [-0.15, -0.1) is 0 Å². The van der Waals surface area contributed by atoms with Gasteiger partial charge in [-0.1, -0.05) is 31.5 Å². The van der Waals surface area contributed by atoms with Gasteiger partial charge in [0, 0.05) is 13.1 Å². The Morgan fingerprint density at radius 1 is 1.08 bits per heavy atom. The molecule has 142 valence electrons. The molecule has 0 aromatic heterocycles. The van der Waals surface area contributed by atoms with Gasteiger partial charge in [0.15, 0.2) is 0 Å². The van der Waals surface area contributed by atoms with Gasteiger partial charge in [0.25, 0.3) is 9.84 Å². The molecule has 25 heavy (non-hydrogen) atoms. The van der Waals surface area contributed by atoms with Crippen molar-refractivity contribution in [3.63, 3.8) is 0 Å². The molecule has 1 atom stereocenters. The normalized spacial score (nSPS) is 22.7. The van der Waals surface area contributed by atoms with Crippen LogP contribution < -0.4 is 0 Å². The summed E-state index contributed by atoms with van der Waals surface area (Å²) in [6.07, 6.45) is -0.255. The molecular weight excluding hydrogens is 379 g/mol. The summed E-state index contributed by atoms with van der Waals surface area (Å²) in [5.74, 6) is 0. The van der Waals surface area contributed by atoms with E-state index >= 15 is 0 Å². The Balaban J connectivity index is 2.43. The van der Waals surface area contributed by atoms with Crippen LogP contribution in [0, 0.1) is 12.3 Å². The van der Waals surface area contributed by atoms with Gasteiger partial charge in [0.05, 0.1) is 10.1 Å². The SMILES string of the molecule is Cc1ccc(S(=O)(=O)N2CC(S(=O)(=O)C(F)(F)F)CC(C)(C)C2)cc1. The molecule has 0 amide bonds. The van der Waals surface area contributed by atoms with Crippen molar-refractivity contribution in [1.82, 2.24) is 4.31 Å². The molecule has 0 bridgehead atoms. The fraction of sp³-hybridized carbons (Fsp3) is 0.600. The third-order valence-electron chi connectivity index (χ3n) is 4.21. The van der Waals surface area contributed by atoms with E-state index < -0.39 is 42.6 Å². The molecule has 1 aromatic carbocycles. The zero-order valence-electron chi connectivity index (χ0n) is 14.0. The minimum Gasteiger partial charge on any atom is -0.219 e. The quantitative estimate of drug-likeness (QED) is 0.784. The fourth-order valence-corrected chi connectivity index (χ4v) is 6.15. The first-order chi connectivity index (χ1) is 11.2. The van der Waals surface area contributed by atoms with Crippen LogP contribution in [0.15, 0.2) is 29.2 Å². The lowest BCUT2D eigenvalue weighted by atomic mass is 9.85. The Morgan fingerprint density at radius 3 is 2.08 bits per heavy atom. The summed E-state index contributed by atoms with van der Waals surface area (Å²) in [7, 11) is -9.55. The largest absolute Gasteiger partial charge is 0.497 e. The first-order valence-electron chi connectivity index (χ1n) is 7.54. The summed E-state index contributed by atoms with van der Waals surface area (Å²) in [4.78, 5) is -0.0704. The van der Waals surface area contributed by atoms with Crippen molar-refractivity contribution < 1.29 is 30.0 Å². The summed E-state index contributed by atoms with van der Waals surface area (Å²) >= 11 is 0. The maximum Gasteiger partial charge on any atom is 0.497 e. The van der Waals surface area contributed by atoms with Crippen LogP contribution in [0.25, 0.3) is 0 Å². The Morgan fingerprint density at radius 2 is 1.60 bits per heavy atom. The minimum atomic E-state index is -5.46. The maximum atomic E-state index is 12.9. The van der Waals surface area contributed by atoms with Gasteiger partial charge in [-0.2, -0.15) is 17.5 Å². The number of alkyl halides is 3. The van der Waals surface area contributed by atoms with E-state index in [0.717, 1.165) is 9.87 Å². The van der Waals surface area contributed by atoms with E-state index in [4.69, 9.17) is 0 Å². The highest BCUT2D eigenvalue weighted by molar-refractivity contribution is 7.93. The van der Waals surface area contributed by atoms with Crippen molar-refractivity contribution >= 4 is 19.9 Å². The van der Waals surface area contributed by atoms with Crippen molar-refractivity contribution in [2.24, 2.45) is 5.41 Å². The number of sulfonamides is 1. The van der Waals surface area contributed by atoms with Gasteiger partial charge in [-0.3, -0.25) is 0 Å². The standard InChI is InChI=1S/C15H20F3NO4S2/c1-11-4-6-12(7-5-11)25(22,23)19-9-13(8-14(2,3)10-19)24(20,21)15(16,17)18/h4-7,13H,8-10H2,1-3H3. The molecule has 0 spiro atoms. The number of benzene rings is 1. The van der Waals surface area contributed by atoms with E-state index in [0.29, 0.717) is 0 Å². The molecule has 5 nitrogen and oxygen atoms in total. The second-order valence-corrected chi connectivity index (χ2v) is 11.2. The third-order valence-corrected chi connectivity index (χ3v) is 7.88. The highest BCUT2D eigenvalue weighted by atomic mass is 32.2. The Bertz CT molecular complexity index is 844. The van der Waals surface area contributed by atoms with Crippen LogP contribution >= 0.6 is 0 Å². The molecule has 1 aliphatic heterocycles. The highest BCUT2D eigenvalue weighted by Crippen LogP contribution is 2.39. The van der Waals surface area contributed by atoms with Crippen LogP contribution in [-0.2, 0) is 19.9 Å². The summed E-state index contributed by atoms with van der Waals surface area (Å²) in [5.41, 5.74) is -5.49. The van der Waals surface area contributed by atoms with E-state index in [1.165, 1.54) is 12.1 Å². The van der Waals surface area contributed by atoms with E-state index in [1.807, 2.05) is 0 Å². The number of aryl methyl sites for hydroxylation is 1. The molecule has 0 aliphatic carbocycles. The molecule has 1 aromatic rings. The lowest BCUT2D eigenvalue weighted by molar-refractivity contribution is -0.0454. The minimum absolute atomic E-state index is 0.0485. The lowest BCUT2D eigenvalue weighted by Crippen LogP contribution is -2.53. The van der Waals surface area contributed by atoms with Crippen molar-refractivity contribution in [2.75, 3.05) is 13.1 Å². The van der Waals surface area contributed by atoms with Gasteiger partial charge in [-0.05, 0) is 30.9 Å². The van der Waals surface area contributed by atoms with Crippen LogP contribution in [0.1, 0.15) is 25.8 Å². The van der Waals surface area contributed by atoms with Crippen molar-refractivity contribution in [1.29, 1.82) is 0 Å². The average molecular weight is 399 g/mol. The van der Waals surface area contributed by atoms with Crippen LogP contribution in [-0.4, -0.2) is 45.0 Å². The van der Waals surface area contributed by atoms with Gasteiger partial charge < -0.3 is 0 Å². The Labute approximate surface area is 145 Å². The van der Waals surface area contributed by atoms with Crippen LogP contribution in [0.3, 0.4) is 0 Å². The summed E-state index contributed by atoms with van der Waals surface area (Å²) in [5, 5.41) is -1.82. The first-order valence-corrected chi connectivity index (χ1v) is 10.5. The molecular formula is C15H20F3NO4S2. The molecule has 10 heteroatoms. The third kappa shape index (κ3) is 4.01. The number of nitrogens with zero attached hydrogens (tertiary/aromatic N) is 1. The Kier molecular flexibility index (Phi) is 5.04.